The lowest BCUT2D eigenvalue weighted by Gasteiger charge is -2.35. The Morgan fingerprint density at radius 3 is 2.66 bits per heavy atom. The third kappa shape index (κ3) is 5.36. The molecule has 0 spiro atoms. The van der Waals surface area contributed by atoms with E-state index in [4.69, 9.17) is 23.6 Å². The first-order valence-electron chi connectivity index (χ1n) is 14.6. The zero-order valence-electron chi connectivity index (χ0n) is 24.8. The fourth-order valence-corrected chi connectivity index (χ4v) is 7.87. The SMILES string of the molecule is CC1=C(COS(=O)(=O)c2ccc(C)cc2)CCC(C)(c2cc3nc(-c4cccc5[nH]ncc45)nc(N4CCOCC4)c3s2)O1. The molecule has 12 heteroatoms. The number of H-pyrrole nitrogens is 1. The molecule has 7 rings (SSSR count). The lowest BCUT2D eigenvalue weighted by atomic mass is 9.91. The summed E-state index contributed by atoms with van der Waals surface area (Å²) >= 11 is 1.65. The van der Waals surface area contributed by atoms with Crippen LogP contribution in [0, 0.1) is 6.92 Å². The van der Waals surface area contributed by atoms with E-state index in [1.807, 2.05) is 38.2 Å². The lowest BCUT2D eigenvalue weighted by molar-refractivity contribution is -0.00609. The van der Waals surface area contributed by atoms with Gasteiger partial charge in [0.15, 0.2) is 11.6 Å². The van der Waals surface area contributed by atoms with E-state index < -0.39 is 15.7 Å². The number of hydrogen-bond acceptors (Lipinski definition) is 10. The molecule has 3 aromatic heterocycles. The van der Waals surface area contributed by atoms with Crippen LogP contribution in [0.1, 0.15) is 37.1 Å². The van der Waals surface area contributed by atoms with Crippen molar-refractivity contribution in [1.82, 2.24) is 20.2 Å². The van der Waals surface area contributed by atoms with Crippen LogP contribution in [0.4, 0.5) is 5.82 Å². The fraction of sp³-hybridized carbons (Fsp3) is 0.344. The van der Waals surface area contributed by atoms with Gasteiger partial charge in [-0.3, -0.25) is 9.28 Å². The average molecular weight is 632 g/mol. The Labute approximate surface area is 259 Å². The van der Waals surface area contributed by atoms with Crippen LogP contribution in [-0.2, 0) is 29.4 Å². The van der Waals surface area contributed by atoms with Gasteiger partial charge in [0.05, 0.1) is 57.3 Å². The van der Waals surface area contributed by atoms with Crippen molar-refractivity contribution in [2.24, 2.45) is 0 Å². The number of ether oxygens (including phenoxy) is 2. The molecule has 5 aromatic rings. The molecular weight excluding hydrogens is 599 g/mol. The first kappa shape index (κ1) is 28.9. The van der Waals surface area contributed by atoms with Gasteiger partial charge in [0.2, 0.25) is 0 Å². The summed E-state index contributed by atoms with van der Waals surface area (Å²) in [5, 5.41) is 8.23. The number of aromatic nitrogens is 4. The molecule has 1 unspecified atom stereocenters. The summed E-state index contributed by atoms with van der Waals surface area (Å²) in [6.45, 7) is 8.62. The topological polar surface area (TPSA) is 120 Å². The Balaban J connectivity index is 1.20. The minimum atomic E-state index is -3.87. The molecule has 1 fully saturated rings. The summed E-state index contributed by atoms with van der Waals surface area (Å²) in [7, 11) is -3.87. The van der Waals surface area contributed by atoms with Crippen molar-refractivity contribution < 1.29 is 22.1 Å². The number of anilines is 1. The number of nitrogens with zero attached hydrogens (tertiary/aromatic N) is 4. The third-order valence-electron chi connectivity index (χ3n) is 8.39. The van der Waals surface area contributed by atoms with Crippen LogP contribution in [0.2, 0.25) is 0 Å². The largest absolute Gasteiger partial charge is 0.487 e. The van der Waals surface area contributed by atoms with E-state index in [9.17, 15) is 8.42 Å². The molecule has 5 heterocycles. The highest BCUT2D eigenvalue weighted by Gasteiger charge is 2.36. The van der Waals surface area contributed by atoms with E-state index in [-0.39, 0.29) is 11.5 Å². The second-order valence-electron chi connectivity index (χ2n) is 11.5. The van der Waals surface area contributed by atoms with Crippen molar-refractivity contribution in [3.63, 3.8) is 0 Å². The van der Waals surface area contributed by atoms with Gasteiger partial charge < -0.3 is 14.4 Å². The number of rotatable bonds is 7. The van der Waals surface area contributed by atoms with Gasteiger partial charge in [-0.2, -0.15) is 13.5 Å². The molecule has 0 radical (unpaired) electrons. The second kappa shape index (κ2) is 11.3. The molecule has 228 valence electrons. The number of aryl methyl sites for hydroxylation is 1. The number of aromatic amines is 1. The fourth-order valence-electron chi connectivity index (χ4n) is 5.74. The van der Waals surface area contributed by atoms with Gasteiger partial charge in [-0.05, 0) is 63.5 Å². The molecule has 2 aromatic carbocycles. The molecular formula is C32H33N5O5S2. The van der Waals surface area contributed by atoms with Gasteiger partial charge in [0.25, 0.3) is 10.1 Å². The molecule has 1 N–H and O–H groups in total. The molecule has 0 aliphatic carbocycles. The smallest absolute Gasteiger partial charge is 0.297 e. The maximum atomic E-state index is 12.8. The van der Waals surface area contributed by atoms with Gasteiger partial charge in [-0.1, -0.05) is 29.8 Å². The first-order valence-corrected chi connectivity index (χ1v) is 16.8. The molecule has 0 bridgehead atoms. The van der Waals surface area contributed by atoms with Crippen molar-refractivity contribution in [2.45, 2.75) is 44.1 Å². The lowest BCUT2D eigenvalue weighted by Crippen LogP contribution is -2.36. The summed E-state index contributed by atoms with van der Waals surface area (Å²) in [5.74, 6) is 2.23. The molecule has 1 atom stereocenters. The van der Waals surface area contributed by atoms with E-state index in [1.165, 1.54) is 0 Å². The number of allylic oxidation sites excluding steroid dienone is 1. The minimum absolute atomic E-state index is 0.0416. The van der Waals surface area contributed by atoms with Crippen LogP contribution < -0.4 is 4.90 Å². The highest BCUT2D eigenvalue weighted by molar-refractivity contribution is 7.86. The minimum Gasteiger partial charge on any atom is -0.487 e. The van der Waals surface area contributed by atoms with E-state index in [1.54, 1.807) is 35.6 Å². The molecule has 0 amide bonds. The summed E-state index contributed by atoms with van der Waals surface area (Å²) in [4.78, 5) is 13.6. The first-order chi connectivity index (χ1) is 21.2. The Kier molecular flexibility index (Phi) is 7.40. The second-order valence-corrected chi connectivity index (χ2v) is 14.1. The molecule has 0 saturated carbocycles. The Morgan fingerprint density at radius 2 is 1.89 bits per heavy atom. The monoisotopic (exact) mass is 631 g/mol. The molecule has 2 aliphatic heterocycles. The van der Waals surface area contributed by atoms with E-state index >= 15 is 0 Å². The number of thiophene rings is 1. The predicted molar refractivity (Wildman–Crippen MR) is 170 cm³/mol. The van der Waals surface area contributed by atoms with Crippen molar-refractivity contribution >= 4 is 48.4 Å². The van der Waals surface area contributed by atoms with Crippen LogP contribution in [0.15, 0.2) is 71.0 Å². The highest BCUT2D eigenvalue weighted by atomic mass is 32.2. The molecule has 2 aliphatic rings. The van der Waals surface area contributed by atoms with Crippen LogP contribution in [0.3, 0.4) is 0 Å². The normalized spacial score (nSPS) is 19.6. The average Bonchev–Trinajstić information content (AvgIpc) is 3.69. The summed E-state index contributed by atoms with van der Waals surface area (Å²) in [6, 6.07) is 14.8. The number of nitrogens with one attached hydrogen (secondary N) is 1. The van der Waals surface area contributed by atoms with Crippen LogP contribution in [0.25, 0.3) is 32.5 Å². The van der Waals surface area contributed by atoms with Gasteiger partial charge in [-0.25, -0.2) is 9.97 Å². The Hall–Kier alpha value is -3.84. The predicted octanol–water partition coefficient (Wildman–Crippen LogP) is 6.08. The number of morpholine rings is 1. The van der Waals surface area contributed by atoms with E-state index in [2.05, 4.69) is 28.1 Å². The van der Waals surface area contributed by atoms with Gasteiger partial charge in [0.1, 0.15) is 5.60 Å². The van der Waals surface area contributed by atoms with Crippen molar-refractivity contribution in [3.05, 3.63) is 76.5 Å². The van der Waals surface area contributed by atoms with Crippen LogP contribution >= 0.6 is 11.3 Å². The summed E-state index contributed by atoms with van der Waals surface area (Å²) in [5.41, 5.74) is 3.93. The number of fused-ring (bicyclic) bond motifs is 2. The number of benzene rings is 2. The quantitative estimate of drug-likeness (QED) is 0.213. The van der Waals surface area contributed by atoms with Gasteiger partial charge in [0, 0.05) is 24.0 Å². The van der Waals surface area contributed by atoms with Crippen molar-refractivity contribution in [3.8, 4) is 11.4 Å². The third-order valence-corrected chi connectivity index (χ3v) is 11.0. The maximum absolute atomic E-state index is 12.8. The van der Waals surface area contributed by atoms with Crippen molar-refractivity contribution in [2.75, 3.05) is 37.8 Å². The summed E-state index contributed by atoms with van der Waals surface area (Å²) in [6.07, 6.45) is 3.13. The molecule has 10 nitrogen and oxygen atoms in total. The van der Waals surface area contributed by atoms with E-state index in [0.29, 0.717) is 37.6 Å². The van der Waals surface area contributed by atoms with Crippen molar-refractivity contribution in [1.29, 1.82) is 0 Å². The summed E-state index contributed by atoms with van der Waals surface area (Å²) < 4.78 is 44.2. The van der Waals surface area contributed by atoms with Crippen LogP contribution in [-0.4, -0.2) is 61.5 Å². The molecule has 44 heavy (non-hydrogen) atoms. The van der Waals surface area contributed by atoms with Gasteiger partial charge in [-0.15, -0.1) is 11.3 Å². The zero-order chi connectivity index (χ0) is 30.5. The van der Waals surface area contributed by atoms with Crippen LogP contribution in [0.5, 0.6) is 0 Å². The standard InChI is InChI=1S/C32H33N5O5S2/c1-20-7-9-23(10-8-20)44(38,39)41-19-22-11-12-32(3,42-21(22)2)28-17-27-29(43-28)31(37-13-15-40-16-14-37)35-30(34-27)24-5-4-6-26-25(24)18-33-36-26/h4-10,17-18H,11-16,19H2,1-3H3,(H,33,36). The van der Waals surface area contributed by atoms with E-state index in [0.717, 1.165) is 61.6 Å². The number of hydrogen-bond donors (Lipinski definition) is 1. The molecule has 1 saturated heterocycles. The highest BCUT2D eigenvalue weighted by Crippen LogP contribution is 2.45. The van der Waals surface area contributed by atoms with Gasteiger partial charge >= 0.3 is 0 Å². The maximum Gasteiger partial charge on any atom is 0.297 e. The Bertz CT molecular complexity index is 1990. The Morgan fingerprint density at radius 1 is 1.09 bits per heavy atom. The zero-order valence-corrected chi connectivity index (χ0v) is 26.4.